The Labute approximate surface area is 177 Å². The monoisotopic (exact) mass is 414 g/mol. The van der Waals surface area contributed by atoms with Gasteiger partial charge in [-0.1, -0.05) is 60.3 Å². The number of aromatic nitrogens is 4. The van der Waals surface area contributed by atoms with Crippen molar-refractivity contribution in [3.63, 3.8) is 0 Å². The Kier molecular flexibility index (Phi) is 4.59. The molecule has 0 saturated heterocycles. The maximum atomic E-state index is 13.9. The summed E-state index contributed by atoms with van der Waals surface area (Å²) >= 11 is 1.60. The van der Waals surface area contributed by atoms with Gasteiger partial charge in [0.15, 0.2) is 0 Å². The van der Waals surface area contributed by atoms with Gasteiger partial charge in [-0.25, -0.2) is 19.3 Å². The van der Waals surface area contributed by atoms with Gasteiger partial charge in [0.1, 0.15) is 23.6 Å². The molecule has 7 heteroatoms. The minimum Gasteiger partial charge on any atom is -0.872 e. The Bertz CT molecular complexity index is 1290. The molecule has 1 aliphatic rings. The molecule has 0 amide bonds. The van der Waals surface area contributed by atoms with Crippen LogP contribution in [-0.2, 0) is 7.05 Å². The SMILES string of the molecule is C[n+]1c(-c2ccccc2[O-])c(-c2ccccc2)c(=O)n2c1SC[C@@H]2c1cncnc1. The van der Waals surface area contributed by atoms with Gasteiger partial charge in [-0.05, 0) is 17.3 Å². The summed E-state index contributed by atoms with van der Waals surface area (Å²) in [4.78, 5) is 22.2. The highest BCUT2D eigenvalue weighted by Gasteiger charge is 2.39. The molecule has 2 aromatic heterocycles. The Morgan fingerprint density at radius 2 is 1.77 bits per heavy atom. The first-order chi connectivity index (χ1) is 14.7. The standard InChI is InChI=1S/C23H18N4O2S/c1-26-21(17-9-5-6-10-19(17)28)20(15-7-3-2-4-8-15)22(29)27-18(13-30-23(26)27)16-11-24-14-25-12-16/h2-12,14,18H,13H2,1H3/t18-/m1/s1. The van der Waals surface area contributed by atoms with E-state index in [2.05, 4.69) is 9.97 Å². The second kappa shape index (κ2) is 7.42. The Balaban J connectivity index is 1.86. The quantitative estimate of drug-likeness (QED) is 0.381. The third-order valence-corrected chi connectivity index (χ3v) is 6.56. The highest BCUT2D eigenvalue weighted by atomic mass is 32.2. The highest BCUT2D eigenvalue weighted by Crippen LogP contribution is 2.38. The lowest BCUT2D eigenvalue weighted by Gasteiger charge is -2.18. The maximum Gasteiger partial charge on any atom is 0.347 e. The molecule has 0 fully saturated rings. The molecule has 6 nitrogen and oxygen atoms in total. The first-order valence-electron chi connectivity index (χ1n) is 9.55. The third kappa shape index (κ3) is 2.90. The van der Waals surface area contributed by atoms with Crippen LogP contribution >= 0.6 is 11.8 Å². The van der Waals surface area contributed by atoms with Crippen molar-refractivity contribution in [1.29, 1.82) is 0 Å². The van der Waals surface area contributed by atoms with Crippen LogP contribution in [0.15, 0.2) is 83.3 Å². The van der Waals surface area contributed by atoms with Gasteiger partial charge in [0.05, 0.1) is 12.8 Å². The number of fused-ring (bicyclic) bond motifs is 1. The minimum atomic E-state index is -0.163. The van der Waals surface area contributed by atoms with Crippen LogP contribution in [0.5, 0.6) is 5.75 Å². The number of thioether (sulfide) groups is 1. The lowest BCUT2D eigenvalue weighted by Crippen LogP contribution is -2.43. The van der Waals surface area contributed by atoms with E-state index in [1.807, 2.05) is 52.6 Å². The summed E-state index contributed by atoms with van der Waals surface area (Å²) in [6.07, 6.45) is 4.99. The Hall–Kier alpha value is -3.45. The van der Waals surface area contributed by atoms with Gasteiger partial charge >= 0.3 is 10.7 Å². The van der Waals surface area contributed by atoms with E-state index in [0.29, 0.717) is 22.6 Å². The van der Waals surface area contributed by atoms with Gasteiger partial charge in [0.2, 0.25) is 0 Å². The number of para-hydroxylation sites is 1. The van der Waals surface area contributed by atoms with E-state index < -0.39 is 0 Å². The summed E-state index contributed by atoms with van der Waals surface area (Å²) in [7, 11) is 1.91. The van der Waals surface area contributed by atoms with Crippen LogP contribution < -0.4 is 15.2 Å². The predicted octanol–water partition coefficient (Wildman–Crippen LogP) is 2.57. The number of rotatable bonds is 3. The number of nitrogens with zero attached hydrogens (tertiary/aromatic N) is 4. The fraction of sp³-hybridized carbons (Fsp3) is 0.130. The van der Waals surface area contributed by atoms with Gasteiger partial charge in [0, 0.05) is 23.5 Å². The Morgan fingerprint density at radius 1 is 1.07 bits per heavy atom. The lowest BCUT2D eigenvalue weighted by molar-refractivity contribution is -0.704. The largest absolute Gasteiger partial charge is 0.872 e. The molecule has 0 radical (unpaired) electrons. The van der Waals surface area contributed by atoms with E-state index in [0.717, 1.165) is 16.3 Å². The molecule has 0 spiro atoms. The van der Waals surface area contributed by atoms with Gasteiger partial charge in [-0.15, -0.1) is 0 Å². The van der Waals surface area contributed by atoms with Crippen LogP contribution in [0.3, 0.4) is 0 Å². The molecular weight excluding hydrogens is 396 g/mol. The van der Waals surface area contributed by atoms with Crippen LogP contribution in [0.25, 0.3) is 22.4 Å². The smallest absolute Gasteiger partial charge is 0.347 e. The van der Waals surface area contributed by atoms with E-state index in [1.54, 1.807) is 36.3 Å². The van der Waals surface area contributed by atoms with Crippen LogP contribution in [-0.4, -0.2) is 20.3 Å². The average molecular weight is 414 g/mol. The molecule has 2 aromatic carbocycles. The van der Waals surface area contributed by atoms with Crippen molar-refractivity contribution >= 4 is 11.8 Å². The molecule has 5 rings (SSSR count). The summed E-state index contributed by atoms with van der Waals surface area (Å²) in [6.45, 7) is 0. The molecule has 0 unspecified atom stereocenters. The second-order valence-corrected chi connectivity index (χ2v) is 8.09. The van der Waals surface area contributed by atoms with Gasteiger partial charge in [-0.3, -0.25) is 0 Å². The summed E-state index contributed by atoms with van der Waals surface area (Å²) < 4.78 is 3.78. The van der Waals surface area contributed by atoms with Gasteiger partial charge in [0.25, 0.3) is 0 Å². The number of hydrogen-bond donors (Lipinski definition) is 0. The number of hydrogen-bond acceptors (Lipinski definition) is 5. The van der Waals surface area contributed by atoms with Crippen LogP contribution in [0.4, 0.5) is 0 Å². The Morgan fingerprint density at radius 3 is 2.50 bits per heavy atom. The zero-order valence-corrected chi connectivity index (χ0v) is 17.0. The number of benzene rings is 2. The fourth-order valence-corrected chi connectivity index (χ4v) is 5.26. The van der Waals surface area contributed by atoms with Crippen LogP contribution in [0, 0.1) is 0 Å². The molecule has 1 aliphatic heterocycles. The van der Waals surface area contributed by atoms with Crippen molar-refractivity contribution < 1.29 is 9.67 Å². The summed E-state index contributed by atoms with van der Waals surface area (Å²) in [6, 6.07) is 16.2. The molecule has 0 saturated carbocycles. The second-order valence-electron chi connectivity index (χ2n) is 7.10. The normalized spacial score (nSPS) is 15.2. The molecule has 3 heterocycles. The van der Waals surface area contributed by atoms with Gasteiger partial charge in [-0.2, -0.15) is 4.57 Å². The third-order valence-electron chi connectivity index (χ3n) is 5.35. The molecule has 148 valence electrons. The van der Waals surface area contributed by atoms with E-state index in [-0.39, 0.29) is 17.4 Å². The lowest BCUT2D eigenvalue weighted by atomic mass is 9.99. The highest BCUT2D eigenvalue weighted by molar-refractivity contribution is 7.99. The van der Waals surface area contributed by atoms with E-state index in [1.165, 1.54) is 12.4 Å². The molecule has 4 aromatic rings. The van der Waals surface area contributed by atoms with Crippen molar-refractivity contribution in [1.82, 2.24) is 14.5 Å². The minimum absolute atomic E-state index is 0.106. The van der Waals surface area contributed by atoms with Crippen LogP contribution in [0.2, 0.25) is 0 Å². The van der Waals surface area contributed by atoms with Crippen molar-refractivity contribution in [2.45, 2.75) is 11.2 Å². The molecule has 0 aliphatic carbocycles. The van der Waals surface area contributed by atoms with E-state index in [9.17, 15) is 9.90 Å². The molecule has 30 heavy (non-hydrogen) atoms. The molecular formula is C23H18N4O2S. The molecule has 0 N–H and O–H groups in total. The zero-order valence-electron chi connectivity index (χ0n) is 16.2. The van der Waals surface area contributed by atoms with E-state index >= 15 is 0 Å². The first kappa shape index (κ1) is 18.6. The topological polar surface area (TPSA) is 74.7 Å². The first-order valence-corrected chi connectivity index (χ1v) is 10.5. The molecule has 1 atom stereocenters. The average Bonchev–Trinajstić information content (AvgIpc) is 3.24. The summed E-state index contributed by atoms with van der Waals surface area (Å²) in [5.41, 5.74) is 3.24. The van der Waals surface area contributed by atoms with E-state index in [4.69, 9.17) is 0 Å². The van der Waals surface area contributed by atoms with Crippen molar-refractivity contribution in [3.8, 4) is 28.1 Å². The van der Waals surface area contributed by atoms with Crippen molar-refractivity contribution in [2.24, 2.45) is 7.05 Å². The zero-order chi connectivity index (χ0) is 20.7. The summed E-state index contributed by atoms with van der Waals surface area (Å²) in [5.74, 6) is 0.596. The summed E-state index contributed by atoms with van der Waals surface area (Å²) in [5, 5.41) is 13.5. The van der Waals surface area contributed by atoms with Crippen molar-refractivity contribution in [2.75, 3.05) is 5.75 Å². The van der Waals surface area contributed by atoms with Crippen molar-refractivity contribution in [3.05, 3.63) is 89.2 Å². The predicted molar refractivity (Wildman–Crippen MR) is 113 cm³/mol. The van der Waals surface area contributed by atoms with Gasteiger partial charge < -0.3 is 5.11 Å². The molecule has 0 bridgehead atoms. The maximum absolute atomic E-state index is 13.9. The van der Waals surface area contributed by atoms with Crippen LogP contribution in [0.1, 0.15) is 11.6 Å². The fourth-order valence-electron chi connectivity index (χ4n) is 3.97.